The zero-order chi connectivity index (χ0) is 27.8. The van der Waals surface area contributed by atoms with E-state index in [1.54, 1.807) is 72.5 Å². The van der Waals surface area contributed by atoms with Gasteiger partial charge in [0, 0.05) is 17.8 Å². The maximum Gasteiger partial charge on any atom is 0.348 e. The summed E-state index contributed by atoms with van der Waals surface area (Å²) in [6.07, 6.45) is 0. The van der Waals surface area contributed by atoms with E-state index >= 15 is 0 Å². The molecule has 4 rings (SSSR count). The van der Waals surface area contributed by atoms with E-state index in [0.29, 0.717) is 16.8 Å². The smallest absolute Gasteiger partial charge is 0.348 e. The normalized spacial score (nSPS) is 23.3. The molecule has 9 nitrogen and oxygen atoms in total. The predicted octanol–water partition coefficient (Wildman–Crippen LogP) is 2.84. The molecule has 1 N–H and O–H groups in total. The molecule has 0 saturated heterocycles. The maximum atomic E-state index is 14.5. The van der Waals surface area contributed by atoms with Crippen molar-refractivity contribution in [2.24, 2.45) is 0 Å². The molecular formula is C29H30N2O7. The van der Waals surface area contributed by atoms with Gasteiger partial charge in [0.1, 0.15) is 5.82 Å². The van der Waals surface area contributed by atoms with Gasteiger partial charge in [-0.25, -0.2) is 9.59 Å². The van der Waals surface area contributed by atoms with E-state index in [4.69, 9.17) is 9.47 Å². The Morgan fingerprint density at radius 2 is 1.47 bits per heavy atom. The number of esters is 2. The van der Waals surface area contributed by atoms with Gasteiger partial charge < -0.3 is 19.5 Å². The molecule has 2 aliphatic heterocycles. The number of amides is 1. The molecule has 2 heterocycles. The fraction of sp³-hybridized carbons (Fsp3) is 0.310. The molecule has 9 heteroatoms. The number of carbonyl (C=O) groups is 4. The number of ketones is 1. The first-order chi connectivity index (χ1) is 18.1. The molecule has 38 heavy (non-hydrogen) atoms. The highest BCUT2D eigenvalue weighted by Gasteiger charge is 2.64. The highest BCUT2D eigenvalue weighted by Crippen LogP contribution is 2.52. The van der Waals surface area contributed by atoms with Crippen LogP contribution in [0.15, 0.2) is 83.3 Å². The van der Waals surface area contributed by atoms with Crippen LogP contribution in [-0.2, 0) is 28.7 Å². The largest absolute Gasteiger partial charge is 0.466 e. The van der Waals surface area contributed by atoms with Gasteiger partial charge in [-0.2, -0.15) is 0 Å². The van der Waals surface area contributed by atoms with Crippen LogP contribution in [0.2, 0.25) is 0 Å². The Labute approximate surface area is 220 Å². The van der Waals surface area contributed by atoms with Crippen molar-refractivity contribution in [2.75, 3.05) is 20.8 Å². The summed E-state index contributed by atoms with van der Waals surface area (Å²) in [6.45, 7) is 5.14. The van der Waals surface area contributed by atoms with E-state index in [1.165, 1.54) is 18.9 Å². The molecule has 198 valence electrons. The van der Waals surface area contributed by atoms with Crippen LogP contribution >= 0.6 is 0 Å². The fourth-order valence-electron chi connectivity index (χ4n) is 5.50. The van der Waals surface area contributed by atoms with Crippen molar-refractivity contribution < 1.29 is 33.8 Å². The van der Waals surface area contributed by atoms with Gasteiger partial charge in [-0.15, -0.1) is 0 Å². The van der Waals surface area contributed by atoms with Crippen LogP contribution in [0.5, 0.6) is 0 Å². The van der Waals surface area contributed by atoms with Crippen molar-refractivity contribution in [1.82, 2.24) is 9.80 Å². The third-order valence-corrected chi connectivity index (χ3v) is 7.15. The number of aliphatic hydroxyl groups is 1. The van der Waals surface area contributed by atoms with Gasteiger partial charge in [0.05, 0.1) is 31.8 Å². The van der Waals surface area contributed by atoms with Crippen molar-refractivity contribution in [2.45, 2.75) is 38.3 Å². The summed E-state index contributed by atoms with van der Waals surface area (Å²) in [7, 11) is 2.30. The molecule has 2 aromatic carbocycles. The zero-order valence-corrected chi connectivity index (χ0v) is 21.9. The van der Waals surface area contributed by atoms with Crippen LogP contribution in [0.3, 0.4) is 0 Å². The summed E-state index contributed by atoms with van der Waals surface area (Å²) >= 11 is 0. The molecule has 0 radical (unpaired) electrons. The van der Waals surface area contributed by atoms with E-state index < -0.39 is 41.2 Å². The van der Waals surface area contributed by atoms with Crippen LogP contribution in [0, 0.1) is 0 Å². The number of rotatable bonds is 6. The van der Waals surface area contributed by atoms with Crippen molar-refractivity contribution in [3.8, 4) is 0 Å². The number of carbonyl (C=O) groups excluding carboxylic acids is 4. The van der Waals surface area contributed by atoms with Crippen molar-refractivity contribution in [3.05, 3.63) is 94.5 Å². The Hall–Kier alpha value is -4.24. The Morgan fingerprint density at radius 1 is 0.921 bits per heavy atom. The van der Waals surface area contributed by atoms with Crippen LogP contribution in [-0.4, -0.2) is 64.9 Å². The third-order valence-electron chi connectivity index (χ3n) is 7.15. The SMILES string of the molecule is CCN1C(C)=C(C(=O)OC)C(c2ccccc2)N2C(=O)[C@](O)(C(=O)OC)[C@@H](c3ccccc3)C(C(C)=O)=C12. The average Bonchev–Trinajstić information content (AvgIpc) is 2.93. The van der Waals surface area contributed by atoms with E-state index in [-0.39, 0.29) is 23.5 Å². The zero-order valence-electron chi connectivity index (χ0n) is 21.9. The second-order valence-electron chi connectivity index (χ2n) is 9.12. The Balaban J connectivity index is 2.20. The lowest BCUT2D eigenvalue weighted by Gasteiger charge is -2.52. The number of hydrogen-bond donors (Lipinski definition) is 1. The molecule has 1 unspecified atom stereocenters. The number of hydrogen-bond acceptors (Lipinski definition) is 8. The Morgan fingerprint density at radius 3 is 1.95 bits per heavy atom. The lowest BCUT2D eigenvalue weighted by molar-refractivity contribution is -0.179. The lowest BCUT2D eigenvalue weighted by atomic mass is 9.71. The van der Waals surface area contributed by atoms with E-state index in [9.17, 15) is 24.3 Å². The molecule has 2 aliphatic rings. The minimum Gasteiger partial charge on any atom is -0.466 e. The fourth-order valence-corrected chi connectivity index (χ4v) is 5.50. The number of allylic oxidation sites excluding steroid dienone is 1. The summed E-state index contributed by atoms with van der Waals surface area (Å²) in [4.78, 5) is 57.2. The third kappa shape index (κ3) is 3.90. The first kappa shape index (κ1) is 26.8. The summed E-state index contributed by atoms with van der Waals surface area (Å²) in [5, 5.41) is 12.0. The van der Waals surface area contributed by atoms with E-state index in [0.717, 1.165) is 7.11 Å². The van der Waals surface area contributed by atoms with E-state index in [2.05, 4.69) is 0 Å². The number of nitrogens with zero attached hydrogens (tertiary/aromatic N) is 2. The summed E-state index contributed by atoms with van der Waals surface area (Å²) in [6, 6.07) is 16.0. The molecular weight excluding hydrogens is 488 g/mol. The standard InChI is InChI=1S/C29H30N2O7/c1-6-30-17(2)21(26(33)37-4)24(20-15-11-8-12-16-20)31-25(30)22(18(3)32)23(19-13-9-7-10-14-19)29(36,27(31)34)28(35)38-5/h7-16,23-24,36H,6H2,1-5H3/t23-,24?,29-/m0/s1. The molecule has 0 aromatic heterocycles. The molecule has 0 saturated carbocycles. The monoisotopic (exact) mass is 518 g/mol. The minimum absolute atomic E-state index is 0.0507. The predicted molar refractivity (Wildman–Crippen MR) is 137 cm³/mol. The molecule has 3 atom stereocenters. The number of benzene rings is 2. The topological polar surface area (TPSA) is 113 Å². The van der Waals surface area contributed by atoms with Gasteiger partial charge in [0.2, 0.25) is 0 Å². The molecule has 0 bridgehead atoms. The second kappa shape index (κ2) is 10.3. The number of fused-ring (bicyclic) bond motifs is 1. The summed E-state index contributed by atoms with van der Waals surface area (Å²) in [5.41, 5.74) is -1.19. The van der Waals surface area contributed by atoms with Crippen molar-refractivity contribution >= 4 is 23.6 Å². The van der Waals surface area contributed by atoms with Crippen molar-refractivity contribution in [3.63, 3.8) is 0 Å². The molecule has 0 spiro atoms. The second-order valence-corrected chi connectivity index (χ2v) is 9.12. The number of methoxy groups -OCH3 is 2. The van der Waals surface area contributed by atoms with Gasteiger partial charge >= 0.3 is 11.9 Å². The highest BCUT2D eigenvalue weighted by atomic mass is 16.5. The first-order valence-corrected chi connectivity index (χ1v) is 12.2. The number of Topliss-reactive ketones (excluding diaryl/α,β-unsaturated/α-hetero) is 1. The van der Waals surface area contributed by atoms with Gasteiger partial charge in [0.25, 0.3) is 11.5 Å². The Bertz CT molecular complexity index is 1350. The van der Waals surface area contributed by atoms with Crippen LogP contribution in [0.1, 0.15) is 43.9 Å². The quantitative estimate of drug-likeness (QED) is 0.459. The Kier molecular flexibility index (Phi) is 7.24. The molecule has 2 aromatic rings. The van der Waals surface area contributed by atoms with Gasteiger partial charge in [-0.05, 0) is 31.9 Å². The van der Waals surface area contributed by atoms with Gasteiger partial charge in [-0.1, -0.05) is 60.7 Å². The minimum atomic E-state index is -2.79. The number of ether oxygens (including phenoxy) is 2. The van der Waals surface area contributed by atoms with Crippen LogP contribution < -0.4 is 0 Å². The average molecular weight is 519 g/mol. The molecule has 0 aliphatic carbocycles. The summed E-state index contributed by atoms with van der Waals surface area (Å²) in [5.74, 6) is -4.52. The maximum absolute atomic E-state index is 14.5. The van der Waals surface area contributed by atoms with Crippen LogP contribution in [0.4, 0.5) is 0 Å². The molecule has 0 fully saturated rings. The highest BCUT2D eigenvalue weighted by molar-refractivity contribution is 6.13. The molecule has 1 amide bonds. The van der Waals surface area contributed by atoms with Crippen LogP contribution in [0.25, 0.3) is 0 Å². The lowest BCUT2D eigenvalue weighted by Crippen LogP contribution is -2.65. The summed E-state index contributed by atoms with van der Waals surface area (Å²) < 4.78 is 10.1. The van der Waals surface area contributed by atoms with Gasteiger partial charge in [-0.3, -0.25) is 14.5 Å². The first-order valence-electron chi connectivity index (χ1n) is 12.2. The van der Waals surface area contributed by atoms with Gasteiger partial charge in [0.15, 0.2) is 5.78 Å². The van der Waals surface area contributed by atoms with E-state index in [1.807, 2.05) is 6.92 Å². The van der Waals surface area contributed by atoms with Crippen molar-refractivity contribution in [1.29, 1.82) is 0 Å².